The molecule has 0 saturated heterocycles. The molecule has 1 aliphatic rings. The molecule has 0 amide bonds. The minimum atomic E-state index is -3.06. The number of allylic oxidation sites excluding steroid dienone is 4. The highest BCUT2D eigenvalue weighted by Gasteiger charge is 2.54. The van der Waals surface area contributed by atoms with E-state index in [1.807, 2.05) is 0 Å². The van der Waals surface area contributed by atoms with Crippen LogP contribution in [0, 0.1) is 10.1 Å². The summed E-state index contributed by atoms with van der Waals surface area (Å²) in [5.41, 5.74) is -0.372. The van der Waals surface area contributed by atoms with Crippen LogP contribution in [0.1, 0.15) is 5.56 Å². The van der Waals surface area contributed by atoms with Gasteiger partial charge in [0.1, 0.15) is 6.29 Å². The van der Waals surface area contributed by atoms with Crippen LogP contribution in [0.3, 0.4) is 0 Å². The Morgan fingerprint density at radius 2 is 1.83 bits per heavy atom. The van der Waals surface area contributed by atoms with E-state index in [4.69, 9.17) is 0 Å². The summed E-state index contributed by atoms with van der Waals surface area (Å²) < 4.78 is 26.7. The summed E-state index contributed by atoms with van der Waals surface area (Å²) in [5, 5.41) is 10.4. The van der Waals surface area contributed by atoms with Crippen LogP contribution in [0.5, 0.6) is 0 Å². The first kappa shape index (κ1) is 12.1. The fourth-order valence-electron chi connectivity index (χ4n) is 1.66. The number of carbonyl (C=O) groups excluding carboxylic acids is 1. The van der Waals surface area contributed by atoms with Crippen molar-refractivity contribution in [3.63, 3.8) is 0 Å². The molecule has 0 spiro atoms. The molecule has 6 heteroatoms. The van der Waals surface area contributed by atoms with Gasteiger partial charge in [-0.3, -0.25) is 14.9 Å². The van der Waals surface area contributed by atoms with Gasteiger partial charge in [0.15, 0.2) is 0 Å². The summed E-state index contributed by atoms with van der Waals surface area (Å²) in [6, 6.07) is 4.86. The van der Waals surface area contributed by atoms with Crippen LogP contribution in [0.2, 0.25) is 0 Å². The number of benzene rings is 1. The first-order chi connectivity index (χ1) is 8.48. The van der Waals surface area contributed by atoms with Crippen molar-refractivity contribution in [2.24, 2.45) is 0 Å². The maximum absolute atomic E-state index is 13.4. The number of hydrogen-bond donors (Lipinski definition) is 0. The zero-order chi connectivity index (χ0) is 13.3. The molecule has 0 N–H and O–H groups in total. The van der Waals surface area contributed by atoms with Crippen molar-refractivity contribution < 1.29 is 18.5 Å². The van der Waals surface area contributed by atoms with Gasteiger partial charge in [0.05, 0.1) is 4.92 Å². The molecule has 1 aliphatic carbocycles. The quantitative estimate of drug-likeness (QED) is 0.358. The zero-order valence-electron chi connectivity index (χ0n) is 8.97. The number of nitro groups is 1. The summed E-state index contributed by atoms with van der Waals surface area (Å²) >= 11 is 0. The smallest absolute Gasteiger partial charge is 0.299 e. The number of carbonyl (C=O) groups is 1. The molecule has 1 aromatic carbocycles. The molecule has 0 radical (unpaired) electrons. The van der Waals surface area contributed by atoms with Gasteiger partial charge in [-0.25, -0.2) is 0 Å². The number of rotatable bonds is 4. The lowest BCUT2D eigenvalue weighted by Crippen LogP contribution is -1.96. The fourth-order valence-corrected chi connectivity index (χ4v) is 1.66. The second-order valence-electron chi connectivity index (χ2n) is 3.66. The molecule has 2 rings (SSSR count). The Morgan fingerprint density at radius 3 is 2.33 bits per heavy atom. The molecule has 4 nitrogen and oxygen atoms in total. The second kappa shape index (κ2) is 4.14. The van der Waals surface area contributed by atoms with E-state index in [0.717, 1.165) is 24.3 Å². The molecule has 0 fully saturated rings. The first-order valence-corrected chi connectivity index (χ1v) is 4.98. The van der Waals surface area contributed by atoms with Crippen molar-refractivity contribution in [3.05, 3.63) is 57.7 Å². The largest absolute Gasteiger partial charge is 0.300 e. The Kier molecular flexibility index (Phi) is 2.78. The standard InChI is InChI=1S/C12H7F2NO3/c13-12(14)10(2-1-7-16)11(12)8-3-5-9(6-4-8)15(17)18/h1-7H/b2-1-. The van der Waals surface area contributed by atoms with Crippen LogP contribution in [0.4, 0.5) is 14.5 Å². The van der Waals surface area contributed by atoms with Crippen molar-refractivity contribution in [3.8, 4) is 0 Å². The van der Waals surface area contributed by atoms with Gasteiger partial charge in [0.2, 0.25) is 0 Å². The summed E-state index contributed by atoms with van der Waals surface area (Å²) in [7, 11) is 0. The minimum absolute atomic E-state index is 0.159. The predicted molar refractivity (Wildman–Crippen MR) is 60.2 cm³/mol. The van der Waals surface area contributed by atoms with E-state index in [1.165, 1.54) is 12.1 Å². The normalized spacial score (nSPS) is 17.0. The minimum Gasteiger partial charge on any atom is -0.299 e. The number of aldehydes is 1. The SMILES string of the molecule is O=C/C=C\C1=C(c2ccc([N+](=O)[O-])cc2)C1(F)F. The number of non-ortho nitro benzene ring substituents is 1. The number of hydrogen-bond acceptors (Lipinski definition) is 3. The van der Waals surface area contributed by atoms with Crippen molar-refractivity contribution in [2.75, 3.05) is 0 Å². The highest BCUT2D eigenvalue weighted by Crippen LogP contribution is 2.55. The summed E-state index contributed by atoms with van der Waals surface area (Å²) in [4.78, 5) is 19.9. The molecule has 0 aromatic heterocycles. The molecule has 0 aliphatic heterocycles. The molecular formula is C12H7F2NO3. The van der Waals surface area contributed by atoms with Crippen molar-refractivity contribution in [2.45, 2.75) is 5.92 Å². The van der Waals surface area contributed by atoms with Crippen LogP contribution in [0.15, 0.2) is 42.0 Å². The van der Waals surface area contributed by atoms with Gasteiger partial charge in [0, 0.05) is 23.3 Å². The fraction of sp³-hybridized carbons (Fsp3) is 0.0833. The lowest BCUT2D eigenvalue weighted by atomic mass is 10.1. The van der Waals surface area contributed by atoms with E-state index < -0.39 is 10.8 Å². The van der Waals surface area contributed by atoms with Gasteiger partial charge < -0.3 is 0 Å². The van der Waals surface area contributed by atoms with E-state index in [-0.39, 0.29) is 22.4 Å². The Morgan fingerprint density at radius 1 is 1.22 bits per heavy atom. The molecule has 0 heterocycles. The van der Waals surface area contributed by atoms with Crippen molar-refractivity contribution in [1.82, 2.24) is 0 Å². The Labute approximate surface area is 100 Å². The third-order valence-corrected chi connectivity index (χ3v) is 2.57. The van der Waals surface area contributed by atoms with Crippen molar-refractivity contribution in [1.29, 1.82) is 0 Å². The molecule has 0 unspecified atom stereocenters. The molecule has 0 atom stereocenters. The molecule has 0 bridgehead atoms. The van der Waals surface area contributed by atoms with Gasteiger partial charge in [-0.05, 0) is 29.8 Å². The van der Waals surface area contributed by atoms with Crippen LogP contribution < -0.4 is 0 Å². The van der Waals surface area contributed by atoms with E-state index in [2.05, 4.69) is 0 Å². The summed E-state index contributed by atoms with van der Waals surface area (Å²) in [6.07, 6.45) is 2.44. The molecule has 1 aromatic rings. The van der Waals surface area contributed by atoms with E-state index in [0.29, 0.717) is 6.29 Å². The average Bonchev–Trinajstić information content (AvgIpc) is 2.88. The van der Waals surface area contributed by atoms with Gasteiger partial charge in [0.25, 0.3) is 11.6 Å². The van der Waals surface area contributed by atoms with Crippen LogP contribution in [-0.2, 0) is 4.79 Å². The Hall–Kier alpha value is -2.37. The average molecular weight is 251 g/mol. The Balaban J connectivity index is 2.32. The molecule has 18 heavy (non-hydrogen) atoms. The van der Waals surface area contributed by atoms with Gasteiger partial charge in [-0.15, -0.1) is 0 Å². The lowest BCUT2D eigenvalue weighted by Gasteiger charge is -1.97. The molecular weight excluding hydrogens is 244 g/mol. The van der Waals surface area contributed by atoms with Gasteiger partial charge >= 0.3 is 0 Å². The number of halogens is 2. The maximum Gasteiger partial charge on any atom is 0.300 e. The highest BCUT2D eigenvalue weighted by atomic mass is 19.3. The summed E-state index contributed by atoms with van der Waals surface area (Å²) in [6.45, 7) is 0. The van der Waals surface area contributed by atoms with Crippen LogP contribution >= 0.6 is 0 Å². The van der Waals surface area contributed by atoms with E-state index in [9.17, 15) is 23.7 Å². The number of nitrogens with zero attached hydrogens (tertiary/aromatic N) is 1. The highest BCUT2D eigenvalue weighted by molar-refractivity contribution is 5.94. The van der Waals surface area contributed by atoms with Gasteiger partial charge in [-0.2, -0.15) is 8.78 Å². The predicted octanol–water partition coefficient (Wildman–Crippen LogP) is 2.75. The van der Waals surface area contributed by atoms with Crippen molar-refractivity contribution >= 4 is 17.5 Å². The first-order valence-electron chi connectivity index (χ1n) is 4.98. The Bertz CT molecular complexity index is 573. The van der Waals surface area contributed by atoms with E-state index >= 15 is 0 Å². The summed E-state index contributed by atoms with van der Waals surface area (Å²) in [5.74, 6) is -3.06. The van der Waals surface area contributed by atoms with Crippen LogP contribution in [-0.4, -0.2) is 17.1 Å². The third kappa shape index (κ3) is 1.92. The van der Waals surface area contributed by atoms with Crippen LogP contribution in [0.25, 0.3) is 5.57 Å². The monoisotopic (exact) mass is 251 g/mol. The van der Waals surface area contributed by atoms with Gasteiger partial charge in [-0.1, -0.05) is 0 Å². The zero-order valence-corrected chi connectivity index (χ0v) is 8.97. The molecule has 92 valence electrons. The molecule has 0 saturated carbocycles. The third-order valence-electron chi connectivity index (χ3n) is 2.57. The van der Waals surface area contributed by atoms with E-state index in [1.54, 1.807) is 0 Å². The topological polar surface area (TPSA) is 60.2 Å². The number of nitro benzene ring substituents is 1. The number of alkyl halides is 2. The maximum atomic E-state index is 13.4. The second-order valence-corrected chi connectivity index (χ2v) is 3.66. The lowest BCUT2D eigenvalue weighted by molar-refractivity contribution is -0.384.